The van der Waals surface area contributed by atoms with Crippen molar-refractivity contribution in [3.05, 3.63) is 81.9 Å². The van der Waals surface area contributed by atoms with Crippen LogP contribution in [0.2, 0.25) is 0 Å². The van der Waals surface area contributed by atoms with Gasteiger partial charge in [-0.15, -0.1) is 0 Å². The Kier molecular flexibility index (Phi) is 5.79. The predicted octanol–water partition coefficient (Wildman–Crippen LogP) is 1.50. The number of carbonyl (C=O) groups excluding carboxylic acids is 2. The maximum absolute atomic E-state index is 13.3. The predicted molar refractivity (Wildman–Crippen MR) is 113 cm³/mol. The Labute approximate surface area is 200 Å². The zero-order valence-electron chi connectivity index (χ0n) is 16.5. The second-order valence-electron chi connectivity index (χ2n) is 7.34. The second kappa shape index (κ2) is 8.21. The van der Waals surface area contributed by atoms with E-state index in [4.69, 9.17) is 5.73 Å². The van der Waals surface area contributed by atoms with Crippen molar-refractivity contribution in [2.45, 2.75) is 24.2 Å². The van der Waals surface area contributed by atoms with Gasteiger partial charge in [-0.3, -0.25) is 9.59 Å². The van der Waals surface area contributed by atoms with Gasteiger partial charge in [0.2, 0.25) is 0 Å². The van der Waals surface area contributed by atoms with E-state index >= 15 is 0 Å². The average molecular weight is 424 g/mol. The van der Waals surface area contributed by atoms with E-state index < -0.39 is 0 Å². The molecule has 30 heavy (non-hydrogen) atoms. The van der Waals surface area contributed by atoms with Crippen molar-refractivity contribution in [1.29, 1.82) is 0 Å². The van der Waals surface area contributed by atoms with Crippen molar-refractivity contribution in [3.8, 4) is 0 Å². The molecule has 3 N–H and O–H groups in total. The number of aryl methyl sites for hydroxylation is 2. The standard InChI is InChI=1S/C23H18N2O3S.Na/c24-21-18(29-28)11-17(25-14-9-8-12-4-3-5-13(12)10-14)19-20(21)23(27)16-7-2-1-6-15(16)22(19)26;/h1-2,6-11,25,28H,3-5,24H2;/q;+1/p-1. The summed E-state index contributed by atoms with van der Waals surface area (Å²) in [7, 11) is 0. The van der Waals surface area contributed by atoms with E-state index in [0.717, 1.165) is 24.9 Å². The number of anilines is 3. The van der Waals surface area contributed by atoms with Crippen molar-refractivity contribution in [2.24, 2.45) is 0 Å². The molecule has 0 radical (unpaired) electrons. The molecular formula is C23H17N2NaO3S. The van der Waals surface area contributed by atoms with Gasteiger partial charge in [-0.05, 0) is 48.6 Å². The molecule has 7 heteroatoms. The fourth-order valence-electron chi connectivity index (χ4n) is 4.27. The van der Waals surface area contributed by atoms with Crippen LogP contribution in [0.3, 0.4) is 0 Å². The van der Waals surface area contributed by atoms with Crippen molar-refractivity contribution in [2.75, 3.05) is 11.1 Å². The largest absolute Gasteiger partial charge is 1.00 e. The summed E-state index contributed by atoms with van der Waals surface area (Å²) in [5.74, 6) is -0.603. The van der Waals surface area contributed by atoms with Gasteiger partial charge in [0.15, 0.2) is 11.6 Å². The Balaban J connectivity index is 0.00000218. The first-order chi connectivity index (χ1) is 14.1. The van der Waals surface area contributed by atoms with Crippen molar-refractivity contribution < 1.29 is 43.7 Å². The minimum absolute atomic E-state index is 0. The number of nitrogen functional groups attached to an aromatic ring is 1. The van der Waals surface area contributed by atoms with Gasteiger partial charge in [0.05, 0.1) is 22.5 Å². The quantitative estimate of drug-likeness (QED) is 0.294. The molecule has 0 fully saturated rings. The van der Waals surface area contributed by atoms with Crippen LogP contribution in [0.15, 0.2) is 53.4 Å². The average Bonchev–Trinajstić information content (AvgIpc) is 3.21. The van der Waals surface area contributed by atoms with Crippen LogP contribution in [0.1, 0.15) is 49.4 Å². The summed E-state index contributed by atoms with van der Waals surface area (Å²) in [4.78, 5) is 26.6. The molecule has 0 amide bonds. The van der Waals surface area contributed by atoms with Gasteiger partial charge < -0.3 is 15.6 Å². The minimum atomic E-state index is -0.333. The third-order valence-corrected chi connectivity index (χ3v) is 6.18. The van der Waals surface area contributed by atoms with Gasteiger partial charge in [-0.1, -0.05) is 30.3 Å². The van der Waals surface area contributed by atoms with E-state index in [1.165, 1.54) is 11.1 Å². The summed E-state index contributed by atoms with van der Waals surface area (Å²) >= 11 is 0.219. The first kappa shape index (κ1) is 21.2. The van der Waals surface area contributed by atoms with Crippen LogP contribution in [0.25, 0.3) is 0 Å². The van der Waals surface area contributed by atoms with E-state index in [9.17, 15) is 14.1 Å². The Morgan fingerprint density at radius 1 is 0.900 bits per heavy atom. The maximum Gasteiger partial charge on any atom is 1.00 e. The SMILES string of the molecule is Nc1c(S[O-])cc(Nc2ccc3c(c2)CCC3)c2c1C(=O)c1ccccc1C2=O.[Na+]. The summed E-state index contributed by atoms with van der Waals surface area (Å²) in [6.07, 6.45) is 3.24. The first-order valence-corrected chi connectivity index (χ1v) is 10.2. The van der Waals surface area contributed by atoms with Crippen molar-refractivity contribution >= 4 is 40.7 Å². The van der Waals surface area contributed by atoms with Crippen LogP contribution in [0.5, 0.6) is 0 Å². The molecule has 0 bridgehead atoms. The topological polar surface area (TPSA) is 95.2 Å². The number of rotatable bonds is 3. The first-order valence-electron chi connectivity index (χ1n) is 9.42. The normalized spacial score (nSPS) is 13.9. The Bertz CT molecular complexity index is 1210. The van der Waals surface area contributed by atoms with Gasteiger partial charge in [-0.2, -0.15) is 0 Å². The van der Waals surface area contributed by atoms with Crippen LogP contribution in [0, 0.1) is 0 Å². The van der Waals surface area contributed by atoms with E-state index in [-0.39, 0.29) is 74.9 Å². The summed E-state index contributed by atoms with van der Waals surface area (Å²) < 4.78 is 11.6. The summed E-state index contributed by atoms with van der Waals surface area (Å²) in [6.45, 7) is 0. The second-order valence-corrected chi connectivity index (χ2v) is 7.94. The molecule has 0 saturated carbocycles. The minimum Gasteiger partial charge on any atom is -0.795 e. The molecular weight excluding hydrogens is 407 g/mol. The molecule has 3 aromatic carbocycles. The van der Waals surface area contributed by atoms with Crippen LogP contribution in [-0.2, 0) is 12.8 Å². The third kappa shape index (κ3) is 3.29. The number of hydrogen-bond acceptors (Lipinski definition) is 6. The smallest absolute Gasteiger partial charge is 0.795 e. The molecule has 0 aliphatic heterocycles. The van der Waals surface area contributed by atoms with Crippen molar-refractivity contribution in [1.82, 2.24) is 0 Å². The molecule has 0 unspecified atom stereocenters. The van der Waals surface area contributed by atoms with Gasteiger partial charge in [-0.25, -0.2) is 12.0 Å². The number of hydrogen-bond donors (Lipinski definition) is 2. The Morgan fingerprint density at radius 2 is 1.57 bits per heavy atom. The summed E-state index contributed by atoms with van der Waals surface area (Å²) in [5.41, 5.74) is 11.1. The molecule has 0 aromatic heterocycles. The zero-order valence-corrected chi connectivity index (χ0v) is 19.3. The Hall–Kier alpha value is -2.09. The number of carbonyl (C=O) groups is 2. The van der Waals surface area contributed by atoms with Gasteiger partial charge in [0, 0.05) is 21.7 Å². The molecule has 0 saturated heterocycles. The number of nitrogens with two attached hydrogens (primary N) is 1. The number of ketones is 2. The molecule has 0 spiro atoms. The van der Waals surface area contributed by atoms with Crippen LogP contribution in [-0.4, -0.2) is 16.1 Å². The molecule has 3 aromatic rings. The Morgan fingerprint density at radius 3 is 2.27 bits per heavy atom. The fraction of sp³-hybridized carbons (Fsp3) is 0.130. The maximum atomic E-state index is 13.3. The van der Waals surface area contributed by atoms with Crippen LogP contribution < -0.4 is 40.6 Å². The molecule has 5 rings (SSSR count). The monoisotopic (exact) mass is 424 g/mol. The van der Waals surface area contributed by atoms with E-state index in [1.807, 2.05) is 6.07 Å². The number of fused-ring (bicyclic) bond motifs is 3. The zero-order chi connectivity index (χ0) is 20.1. The molecule has 0 atom stereocenters. The van der Waals surface area contributed by atoms with Crippen LogP contribution >= 0.6 is 12.0 Å². The third-order valence-electron chi connectivity index (χ3n) is 5.67. The molecule has 0 heterocycles. The summed E-state index contributed by atoms with van der Waals surface area (Å²) in [5, 5.41) is 3.26. The fourth-order valence-corrected chi connectivity index (χ4v) is 4.62. The number of nitrogens with one attached hydrogen (secondary N) is 1. The number of benzene rings is 3. The van der Waals surface area contributed by atoms with Gasteiger partial charge in [0.1, 0.15) is 0 Å². The van der Waals surface area contributed by atoms with E-state index in [1.54, 1.807) is 30.3 Å². The summed E-state index contributed by atoms with van der Waals surface area (Å²) in [6, 6.07) is 14.4. The van der Waals surface area contributed by atoms with E-state index in [0.29, 0.717) is 16.8 Å². The molecule has 2 aliphatic carbocycles. The van der Waals surface area contributed by atoms with Crippen molar-refractivity contribution in [3.63, 3.8) is 0 Å². The van der Waals surface area contributed by atoms with Crippen LogP contribution in [0.4, 0.5) is 17.1 Å². The van der Waals surface area contributed by atoms with Gasteiger partial charge in [0.25, 0.3) is 0 Å². The van der Waals surface area contributed by atoms with Gasteiger partial charge >= 0.3 is 29.6 Å². The molecule has 2 aliphatic rings. The molecule has 5 nitrogen and oxygen atoms in total. The van der Waals surface area contributed by atoms with E-state index in [2.05, 4.69) is 17.4 Å². The molecule has 144 valence electrons.